The van der Waals surface area contributed by atoms with E-state index >= 15 is 0 Å². The van der Waals surface area contributed by atoms with Gasteiger partial charge in [0.15, 0.2) is 0 Å². The second kappa shape index (κ2) is 11.0. The van der Waals surface area contributed by atoms with E-state index in [2.05, 4.69) is 0 Å². The van der Waals surface area contributed by atoms with E-state index < -0.39 is 30.0 Å². The zero-order valence-corrected chi connectivity index (χ0v) is 20.2. The second-order valence-corrected chi connectivity index (χ2v) is 8.39. The minimum absolute atomic E-state index is 0.0738. The molecule has 35 heavy (non-hydrogen) atoms. The number of rotatable bonds is 8. The van der Waals surface area contributed by atoms with Gasteiger partial charge >= 0.3 is 18.5 Å². The van der Waals surface area contributed by atoms with E-state index in [0.29, 0.717) is 23.4 Å². The Morgan fingerprint density at radius 1 is 0.943 bits per heavy atom. The van der Waals surface area contributed by atoms with Crippen LogP contribution in [0.15, 0.2) is 47.2 Å². The molecule has 192 valence electrons. The fraction of sp³-hybridized carbons (Fsp3) is 0.520. The van der Waals surface area contributed by atoms with E-state index in [1.165, 1.54) is 12.1 Å². The summed E-state index contributed by atoms with van der Waals surface area (Å²) < 4.78 is 60.8. The first kappa shape index (κ1) is 26.4. The molecule has 2 aliphatic rings. The SMILES string of the molecule is CCCCOC(=O)OC1=C(C)N(C2CC2)C(C)=C(OC(=O)OCC)C1c1ccc(C(F)(F)F)cc1. The first-order chi connectivity index (χ1) is 16.6. The van der Waals surface area contributed by atoms with Crippen LogP contribution in [0.3, 0.4) is 0 Å². The summed E-state index contributed by atoms with van der Waals surface area (Å²) >= 11 is 0. The first-order valence-electron chi connectivity index (χ1n) is 11.7. The van der Waals surface area contributed by atoms with Crippen LogP contribution in [0.25, 0.3) is 0 Å². The van der Waals surface area contributed by atoms with Gasteiger partial charge in [0.05, 0.1) is 30.2 Å². The van der Waals surface area contributed by atoms with Crippen molar-refractivity contribution >= 4 is 12.3 Å². The Hall–Kier alpha value is -3.17. The summed E-state index contributed by atoms with van der Waals surface area (Å²) in [7, 11) is 0. The maximum atomic E-state index is 13.2. The van der Waals surface area contributed by atoms with Gasteiger partial charge in [-0.3, -0.25) is 0 Å². The van der Waals surface area contributed by atoms with Gasteiger partial charge in [-0.2, -0.15) is 13.2 Å². The Balaban J connectivity index is 2.06. The number of carbonyl (C=O) groups excluding carboxylic acids is 2. The molecule has 1 aromatic rings. The van der Waals surface area contributed by atoms with Crippen molar-refractivity contribution in [3.8, 4) is 0 Å². The number of hydrogen-bond acceptors (Lipinski definition) is 7. The van der Waals surface area contributed by atoms with Gasteiger partial charge < -0.3 is 23.8 Å². The van der Waals surface area contributed by atoms with Gasteiger partial charge in [0, 0.05) is 6.04 Å². The number of carbonyl (C=O) groups is 2. The predicted molar refractivity (Wildman–Crippen MR) is 120 cm³/mol. The van der Waals surface area contributed by atoms with Gasteiger partial charge in [-0.15, -0.1) is 0 Å². The molecule has 1 saturated carbocycles. The molecule has 1 aliphatic carbocycles. The summed E-state index contributed by atoms with van der Waals surface area (Å²) in [5.74, 6) is -0.712. The molecular weight excluding hydrogens is 467 g/mol. The Kier molecular flexibility index (Phi) is 8.34. The van der Waals surface area contributed by atoms with Crippen LogP contribution in [0, 0.1) is 0 Å². The highest BCUT2D eigenvalue weighted by molar-refractivity contribution is 5.65. The van der Waals surface area contributed by atoms with E-state index in [-0.39, 0.29) is 30.8 Å². The molecule has 0 spiro atoms. The van der Waals surface area contributed by atoms with Crippen LogP contribution < -0.4 is 0 Å². The topological polar surface area (TPSA) is 74.3 Å². The van der Waals surface area contributed by atoms with Crippen molar-refractivity contribution in [2.24, 2.45) is 0 Å². The number of unbranched alkanes of at least 4 members (excludes halogenated alkanes) is 1. The van der Waals surface area contributed by atoms with E-state index in [9.17, 15) is 22.8 Å². The molecule has 1 unspecified atom stereocenters. The summed E-state index contributed by atoms with van der Waals surface area (Å²) in [6, 6.07) is 4.56. The second-order valence-electron chi connectivity index (χ2n) is 8.39. The minimum atomic E-state index is -4.52. The van der Waals surface area contributed by atoms with Crippen molar-refractivity contribution in [2.45, 2.75) is 71.5 Å². The highest BCUT2D eigenvalue weighted by atomic mass is 19.4. The molecule has 1 fully saturated rings. The molecule has 1 heterocycles. The molecule has 1 atom stereocenters. The van der Waals surface area contributed by atoms with Crippen molar-refractivity contribution in [3.63, 3.8) is 0 Å². The largest absolute Gasteiger partial charge is 0.513 e. The molecule has 7 nitrogen and oxygen atoms in total. The number of ether oxygens (including phenoxy) is 4. The van der Waals surface area contributed by atoms with E-state index in [0.717, 1.165) is 31.4 Å². The van der Waals surface area contributed by atoms with E-state index in [1.807, 2.05) is 11.8 Å². The predicted octanol–water partition coefficient (Wildman–Crippen LogP) is 6.86. The zero-order valence-electron chi connectivity index (χ0n) is 20.2. The number of alkyl halides is 3. The van der Waals surface area contributed by atoms with Gasteiger partial charge in [0.25, 0.3) is 0 Å². The van der Waals surface area contributed by atoms with Gasteiger partial charge in [0.1, 0.15) is 17.4 Å². The van der Waals surface area contributed by atoms with Gasteiger partial charge in [-0.1, -0.05) is 25.5 Å². The molecule has 0 N–H and O–H groups in total. The van der Waals surface area contributed by atoms with Crippen molar-refractivity contribution in [2.75, 3.05) is 13.2 Å². The van der Waals surface area contributed by atoms with Crippen molar-refractivity contribution in [3.05, 3.63) is 58.3 Å². The summed E-state index contributed by atoms with van der Waals surface area (Å²) in [5.41, 5.74) is 0.711. The third-order valence-corrected chi connectivity index (χ3v) is 5.81. The standard InChI is InChI=1S/C25H30F3NO6/c1-5-7-14-33-24(31)35-22-16(4)29(19-12-13-19)15(3)21(34-23(30)32-6-2)20(22)17-8-10-18(11-9-17)25(26,27)28/h8-11,19-20H,5-7,12-14H2,1-4H3. The normalized spacial score (nSPS) is 18.5. The average molecular weight is 498 g/mol. The lowest BCUT2D eigenvalue weighted by Gasteiger charge is -2.37. The van der Waals surface area contributed by atoms with Crippen LogP contribution in [-0.4, -0.2) is 36.5 Å². The van der Waals surface area contributed by atoms with Crippen LogP contribution in [0.5, 0.6) is 0 Å². The Morgan fingerprint density at radius 3 is 1.94 bits per heavy atom. The molecule has 0 amide bonds. The summed E-state index contributed by atoms with van der Waals surface area (Å²) in [6.07, 6.45) is -3.16. The highest BCUT2D eigenvalue weighted by Crippen LogP contribution is 2.47. The molecule has 0 aromatic heterocycles. The summed E-state index contributed by atoms with van der Waals surface area (Å²) in [6.45, 7) is 7.32. The number of allylic oxidation sites excluding steroid dienone is 2. The lowest BCUT2D eigenvalue weighted by molar-refractivity contribution is -0.137. The first-order valence-corrected chi connectivity index (χ1v) is 11.7. The lowest BCUT2D eigenvalue weighted by atomic mass is 9.89. The molecular formula is C25H30F3NO6. The van der Waals surface area contributed by atoms with Gasteiger partial charge in [-0.05, 0) is 57.7 Å². The highest BCUT2D eigenvalue weighted by Gasteiger charge is 2.43. The summed E-state index contributed by atoms with van der Waals surface area (Å²) in [5, 5.41) is 0. The Labute approximate surface area is 202 Å². The van der Waals surface area contributed by atoms with Crippen molar-refractivity contribution in [1.82, 2.24) is 4.90 Å². The van der Waals surface area contributed by atoms with Crippen LogP contribution >= 0.6 is 0 Å². The van der Waals surface area contributed by atoms with Gasteiger partial charge in [-0.25, -0.2) is 9.59 Å². The smallest absolute Gasteiger partial charge is 0.434 e. The van der Waals surface area contributed by atoms with Gasteiger partial charge in [0.2, 0.25) is 0 Å². The van der Waals surface area contributed by atoms with Crippen LogP contribution in [-0.2, 0) is 25.1 Å². The van der Waals surface area contributed by atoms with Crippen LogP contribution in [0.2, 0.25) is 0 Å². The van der Waals surface area contributed by atoms with Crippen LogP contribution in [0.4, 0.5) is 22.8 Å². The van der Waals surface area contributed by atoms with Crippen molar-refractivity contribution < 1.29 is 41.7 Å². The third-order valence-electron chi connectivity index (χ3n) is 5.81. The quantitative estimate of drug-likeness (QED) is 0.287. The summed E-state index contributed by atoms with van der Waals surface area (Å²) in [4.78, 5) is 26.7. The lowest BCUT2D eigenvalue weighted by Crippen LogP contribution is -2.34. The Morgan fingerprint density at radius 2 is 1.49 bits per heavy atom. The molecule has 0 radical (unpaired) electrons. The Bertz CT molecular complexity index is 995. The molecule has 10 heteroatoms. The fourth-order valence-corrected chi connectivity index (χ4v) is 4.00. The minimum Gasteiger partial charge on any atom is -0.434 e. The number of nitrogens with zero attached hydrogens (tertiary/aromatic N) is 1. The monoisotopic (exact) mass is 497 g/mol. The van der Waals surface area contributed by atoms with Crippen molar-refractivity contribution in [1.29, 1.82) is 0 Å². The maximum absolute atomic E-state index is 13.2. The maximum Gasteiger partial charge on any atom is 0.513 e. The third kappa shape index (κ3) is 6.29. The molecule has 0 bridgehead atoms. The zero-order chi connectivity index (χ0) is 25.8. The average Bonchev–Trinajstić information content (AvgIpc) is 3.62. The van der Waals surface area contributed by atoms with Crippen LogP contribution in [0.1, 0.15) is 70.4 Å². The number of halogens is 3. The molecule has 1 aromatic carbocycles. The van der Waals surface area contributed by atoms with E-state index in [1.54, 1.807) is 20.8 Å². The molecule has 3 rings (SSSR count). The molecule has 1 aliphatic heterocycles. The molecule has 0 saturated heterocycles. The number of benzene rings is 1. The van der Waals surface area contributed by atoms with E-state index in [4.69, 9.17) is 18.9 Å². The fourth-order valence-electron chi connectivity index (χ4n) is 4.00. The number of hydrogen-bond donors (Lipinski definition) is 0.